The Kier molecular flexibility index (Phi) is 3.44. The van der Waals surface area contributed by atoms with Gasteiger partial charge in [0, 0.05) is 4.57 Å². The van der Waals surface area contributed by atoms with Crippen molar-refractivity contribution in [2.24, 2.45) is 0 Å². The van der Waals surface area contributed by atoms with Gasteiger partial charge < -0.3 is 20.3 Å². The fourth-order valence-corrected chi connectivity index (χ4v) is 3.88. The van der Waals surface area contributed by atoms with Gasteiger partial charge in [-0.05, 0) is 6.92 Å². The second-order valence-corrected chi connectivity index (χ2v) is 6.63. The second-order valence-electron chi connectivity index (χ2n) is 5.71. The minimum Gasteiger partial charge on any atom is -0.479 e. The first-order valence-corrected chi connectivity index (χ1v) is 8.20. The zero-order valence-electron chi connectivity index (χ0n) is 12.8. The molecule has 4 heterocycles. The third-order valence-corrected chi connectivity index (χ3v) is 4.87. The van der Waals surface area contributed by atoms with E-state index in [0.717, 1.165) is 0 Å². The van der Waals surface area contributed by atoms with Crippen molar-refractivity contribution in [2.45, 2.75) is 31.0 Å². The molecule has 0 bridgehead atoms. The molecule has 2 aliphatic rings. The van der Waals surface area contributed by atoms with Gasteiger partial charge >= 0.3 is 8.25 Å². The monoisotopic (exact) mass is 356 g/mol. The summed E-state index contributed by atoms with van der Waals surface area (Å²) in [6, 6.07) is 0. The molecule has 2 fully saturated rings. The molecular weight excluding hydrogens is 341 g/mol. The normalized spacial score (nSPS) is 34.5. The van der Waals surface area contributed by atoms with E-state index in [9.17, 15) is 9.67 Å². The zero-order chi connectivity index (χ0) is 17.1. The van der Waals surface area contributed by atoms with Crippen LogP contribution in [0, 0.1) is 0 Å². The standard InChI is InChI=1S/C12H15N5O6P/c1-12(18)7-5(3-21-24(19)23-7)22-10(12)17-4-14-6-8(17)15-11(13)16-9(6)20-2/h4-5,7,10,18H,3H2,1-2H3,(H2,13,15,16)/q+1/t5-,7-,10-,12-/m1/s1. The summed E-state index contributed by atoms with van der Waals surface area (Å²) >= 11 is 0. The molecule has 128 valence electrons. The smallest absolute Gasteiger partial charge is 0.479 e. The van der Waals surface area contributed by atoms with Gasteiger partial charge in [0.2, 0.25) is 11.8 Å². The zero-order valence-corrected chi connectivity index (χ0v) is 13.7. The van der Waals surface area contributed by atoms with E-state index in [0.29, 0.717) is 11.2 Å². The molecule has 2 aromatic heterocycles. The van der Waals surface area contributed by atoms with Crippen LogP contribution in [-0.2, 0) is 18.3 Å². The minimum absolute atomic E-state index is 0.00109. The van der Waals surface area contributed by atoms with Crippen LogP contribution in [-0.4, -0.2) is 56.2 Å². The van der Waals surface area contributed by atoms with Gasteiger partial charge in [-0.2, -0.15) is 9.97 Å². The van der Waals surface area contributed by atoms with Crippen molar-refractivity contribution in [1.82, 2.24) is 19.5 Å². The molecule has 1 unspecified atom stereocenters. The first-order chi connectivity index (χ1) is 11.4. The minimum atomic E-state index is -2.29. The van der Waals surface area contributed by atoms with Crippen LogP contribution in [0.5, 0.6) is 5.88 Å². The largest absolute Gasteiger partial charge is 0.697 e. The molecule has 0 aromatic carbocycles. The molecule has 2 saturated heterocycles. The third kappa shape index (κ3) is 2.17. The predicted molar refractivity (Wildman–Crippen MR) is 79.3 cm³/mol. The van der Waals surface area contributed by atoms with Gasteiger partial charge in [-0.15, -0.1) is 9.05 Å². The number of nitrogens with zero attached hydrogens (tertiary/aromatic N) is 4. The lowest BCUT2D eigenvalue weighted by molar-refractivity contribution is -0.0884. The summed E-state index contributed by atoms with van der Waals surface area (Å²) in [7, 11) is -0.843. The number of hydrogen-bond donors (Lipinski definition) is 2. The molecule has 0 saturated carbocycles. The lowest BCUT2D eigenvalue weighted by Crippen LogP contribution is -2.46. The Labute approximate surface area is 136 Å². The van der Waals surface area contributed by atoms with Crippen LogP contribution in [0.15, 0.2) is 6.33 Å². The number of hydrogen-bond acceptors (Lipinski definition) is 10. The molecule has 11 nitrogen and oxygen atoms in total. The number of fused-ring (bicyclic) bond motifs is 2. The van der Waals surface area contributed by atoms with Crippen LogP contribution in [0.2, 0.25) is 0 Å². The van der Waals surface area contributed by atoms with Crippen LogP contribution in [0.1, 0.15) is 13.2 Å². The molecule has 0 amide bonds. The van der Waals surface area contributed by atoms with Gasteiger partial charge in [0.05, 0.1) is 13.4 Å². The highest BCUT2D eigenvalue weighted by Gasteiger charge is 2.61. The maximum absolute atomic E-state index is 11.5. The Morgan fingerprint density at radius 3 is 3.08 bits per heavy atom. The van der Waals surface area contributed by atoms with Gasteiger partial charge in [0.15, 0.2) is 23.5 Å². The van der Waals surface area contributed by atoms with Crippen LogP contribution >= 0.6 is 8.25 Å². The summed E-state index contributed by atoms with van der Waals surface area (Å²) in [6.07, 6.45) is -0.824. The van der Waals surface area contributed by atoms with Gasteiger partial charge in [-0.1, -0.05) is 0 Å². The Morgan fingerprint density at radius 1 is 1.54 bits per heavy atom. The molecule has 5 atom stereocenters. The van der Waals surface area contributed by atoms with E-state index in [4.69, 9.17) is 24.3 Å². The van der Waals surface area contributed by atoms with E-state index in [1.165, 1.54) is 24.9 Å². The lowest BCUT2D eigenvalue weighted by atomic mass is 9.96. The number of aliphatic hydroxyl groups is 1. The third-order valence-electron chi connectivity index (χ3n) is 4.11. The average Bonchev–Trinajstić information content (AvgIpc) is 3.05. The van der Waals surface area contributed by atoms with Crippen LogP contribution in [0.3, 0.4) is 0 Å². The van der Waals surface area contributed by atoms with E-state index < -0.39 is 32.3 Å². The Hall–Kier alpha value is -1.91. The number of nitrogens with two attached hydrogens (primary N) is 1. The molecule has 0 spiro atoms. The number of aromatic nitrogens is 4. The molecule has 4 rings (SSSR count). The van der Waals surface area contributed by atoms with Gasteiger partial charge in [0.25, 0.3) is 0 Å². The van der Waals surface area contributed by atoms with Crippen LogP contribution in [0.4, 0.5) is 5.95 Å². The average molecular weight is 356 g/mol. The second kappa shape index (κ2) is 5.30. The fraction of sp³-hybridized carbons (Fsp3) is 0.583. The Bertz CT molecular complexity index is 826. The number of methoxy groups -OCH3 is 1. The van der Waals surface area contributed by atoms with Crippen molar-refractivity contribution < 1.29 is 28.2 Å². The number of ether oxygens (including phenoxy) is 2. The fourth-order valence-electron chi connectivity index (χ4n) is 3.02. The molecule has 12 heteroatoms. The number of anilines is 1. The number of nitrogen functional groups attached to an aromatic ring is 1. The Balaban J connectivity index is 1.80. The topological polar surface area (TPSA) is 144 Å². The van der Waals surface area contributed by atoms with Crippen molar-refractivity contribution in [2.75, 3.05) is 19.5 Å². The van der Waals surface area contributed by atoms with Crippen molar-refractivity contribution in [1.29, 1.82) is 0 Å². The maximum atomic E-state index is 11.5. The molecular formula is C12H15N5O6P+. The van der Waals surface area contributed by atoms with Crippen LogP contribution in [0.25, 0.3) is 11.2 Å². The molecule has 0 aliphatic carbocycles. The van der Waals surface area contributed by atoms with E-state index >= 15 is 0 Å². The maximum Gasteiger partial charge on any atom is 0.697 e. The van der Waals surface area contributed by atoms with Crippen molar-refractivity contribution in [3.8, 4) is 5.88 Å². The highest BCUT2D eigenvalue weighted by atomic mass is 31.1. The molecule has 2 aliphatic heterocycles. The molecule has 0 radical (unpaired) electrons. The number of rotatable bonds is 2. The summed E-state index contributed by atoms with van der Waals surface area (Å²) in [6.45, 7) is 1.59. The van der Waals surface area contributed by atoms with Crippen molar-refractivity contribution in [3.63, 3.8) is 0 Å². The quantitative estimate of drug-likeness (QED) is 0.713. The first-order valence-electron chi connectivity index (χ1n) is 7.10. The van der Waals surface area contributed by atoms with Crippen molar-refractivity contribution in [3.05, 3.63) is 6.33 Å². The summed E-state index contributed by atoms with van der Waals surface area (Å²) in [5, 5.41) is 10.9. The predicted octanol–water partition coefficient (Wildman–Crippen LogP) is 0.138. The van der Waals surface area contributed by atoms with E-state index in [2.05, 4.69) is 15.0 Å². The first kappa shape index (κ1) is 15.6. The highest BCUT2D eigenvalue weighted by molar-refractivity contribution is 7.33. The van der Waals surface area contributed by atoms with E-state index in [-0.39, 0.29) is 18.4 Å². The Morgan fingerprint density at radius 2 is 2.33 bits per heavy atom. The molecule has 2 aromatic rings. The number of imidazole rings is 1. The summed E-state index contributed by atoms with van der Waals surface area (Å²) < 4.78 is 34.2. The molecule has 24 heavy (non-hydrogen) atoms. The van der Waals surface area contributed by atoms with Gasteiger partial charge in [-0.25, -0.2) is 4.98 Å². The van der Waals surface area contributed by atoms with Gasteiger partial charge in [-0.3, -0.25) is 4.57 Å². The summed E-state index contributed by atoms with van der Waals surface area (Å²) in [5.41, 5.74) is 4.93. The van der Waals surface area contributed by atoms with E-state index in [1.807, 2.05) is 0 Å². The van der Waals surface area contributed by atoms with Crippen molar-refractivity contribution >= 4 is 25.4 Å². The SMILES string of the molecule is COc1nc(N)nc2c1ncn2[C@@H]1O[C@@H]2CO[P+](=O)O[C@H]2[C@@]1(C)O. The summed E-state index contributed by atoms with van der Waals surface area (Å²) in [5.74, 6) is 0.216. The lowest BCUT2D eigenvalue weighted by Gasteiger charge is -2.27. The summed E-state index contributed by atoms with van der Waals surface area (Å²) in [4.78, 5) is 12.3. The molecule has 3 N–H and O–H groups in total. The van der Waals surface area contributed by atoms with Gasteiger partial charge in [0.1, 0.15) is 18.3 Å². The van der Waals surface area contributed by atoms with Crippen LogP contribution < -0.4 is 10.5 Å². The van der Waals surface area contributed by atoms with E-state index in [1.54, 1.807) is 0 Å². The highest BCUT2D eigenvalue weighted by Crippen LogP contribution is 2.48.